The highest BCUT2D eigenvalue weighted by Gasteiger charge is 2.29. The number of carbonyl (C=O) groups excluding carboxylic acids is 2. The summed E-state index contributed by atoms with van der Waals surface area (Å²) in [7, 11) is 0. The highest BCUT2D eigenvalue weighted by molar-refractivity contribution is 6.11. The average molecular weight is 313 g/mol. The number of rotatable bonds is 3. The number of benzene rings is 1. The lowest BCUT2D eigenvalue weighted by Crippen LogP contribution is -2.52. The number of nitrogens with zero attached hydrogens (tertiary/aromatic N) is 2. The Kier molecular flexibility index (Phi) is 4.22. The molecule has 0 bridgehead atoms. The first-order chi connectivity index (χ1) is 11.0. The predicted molar refractivity (Wildman–Crippen MR) is 90.7 cm³/mol. The molecule has 1 atom stereocenters. The minimum Gasteiger partial charge on any atom is -0.358 e. The molecule has 1 aliphatic rings. The molecule has 23 heavy (non-hydrogen) atoms. The molecule has 5 nitrogen and oxygen atoms in total. The summed E-state index contributed by atoms with van der Waals surface area (Å²) in [4.78, 5) is 31.7. The number of Topliss-reactive ketones (excluding diaryl/α,β-unsaturated/α-hetero) is 1. The Hall–Kier alpha value is -2.14. The van der Waals surface area contributed by atoms with Crippen LogP contribution < -0.4 is 0 Å². The van der Waals surface area contributed by atoms with Gasteiger partial charge < -0.3 is 9.88 Å². The maximum absolute atomic E-state index is 13.0. The second-order valence-electron chi connectivity index (χ2n) is 6.25. The fourth-order valence-corrected chi connectivity index (χ4v) is 3.39. The van der Waals surface area contributed by atoms with Crippen molar-refractivity contribution in [2.24, 2.45) is 0 Å². The highest BCUT2D eigenvalue weighted by atomic mass is 16.2. The van der Waals surface area contributed by atoms with Gasteiger partial charge in [0.05, 0.1) is 6.04 Å². The Labute approximate surface area is 136 Å². The van der Waals surface area contributed by atoms with Gasteiger partial charge in [-0.2, -0.15) is 0 Å². The molecule has 0 spiro atoms. The van der Waals surface area contributed by atoms with E-state index < -0.39 is 0 Å². The third-order valence-corrected chi connectivity index (χ3v) is 4.83. The molecule has 0 aliphatic carbocycles. The Morgan fingerprint density at radius 2 is 1.78 bits per heavy atom. The van der Waals surface area contributed by atoms with E-state index in [9.17, 15) is 9.59 Å². The molecule has 1 fully saturated rings. The summed E-state index contributed by atoms with van der Waals surface area (Å²) in [5.74, 6) is 0.257. The number of ketones is 1. The second kappa shape index (κ2) is 6.16. The molecule has 3 rings (SSSR count). The first-order valence-electron chi connectivity index (χ1n) is 8.10. The van der Waals surface area contributed by atoms with Crippen molar-refractivity contribution in [3.05, 3.63) is 35.5 Å². The van der Waals surface area contributed by atoms with Crippen molar-refractivity contribution in [1.82, 2.24) is 14.8 Å². The van der Waals surface area contributed by atoms with Crippen LogP contribution in [0.1, 0.15) is 29.9 Å². The second-order valence-corrected chi connectivity index (χ2v) is 6.25. The molecule has 1 saturated heterocycles. The Morgan fingerprint density at radius 1 is 1.13 bits per heavy atom. The fraction of sp³-hybridized carbons (Fsp3) is 0.444. The molecule has 2 heterocycles. The number of hydrogen-bond acceptors (Lipinski definition) is 3. The van der Waals surface area contributed by atoms with Crippen LogP contribution in [-0.4, -0.2) is 58.7 Å². The van der Waals surface area contributed by atoms with Gasteiger partial charge in [-0.1, -0.05) is 18.2 Å². The highest BCUT2D eigenvalue weighted by Crippen LogP contribution is 2.24. The van der Waals surface area contributed by atoms with Crippen molar-refractivity contribution < 1.29 is 9.59 Å². The largest absolute Gasteiger partial charge is 0.358 e. The number of fused-ring (bicyclic) bond motifs is 1. The number of piperazine rings is 1. The first kappa shape index (κ1) is 15.7. The van der Waals surface area contributed by atoms with Crippen LogP contribution in [0.4, 0.5) is 0 Å². The molecular weight excluding hydrogens is 290 g/mol. The van der Waals surface area contributed by atoms with E-state index in [0.29, 0.717) is 13.1 Å². The van der Waals surface area contributed by atoms with Crippen LogP contribution in [0.15, 0.2) is 24.3 Å². The van der Waals surface area contributed by atoms with Crippen molar-refractivity contribution in [3.8, 4) is 0 Å². The molecule has 1 aliphatic heterocycles. The van der Waals surface area contributed by atoms with E-state index in [4.69, 9.17) is 0 Å². The molecule has 0 unspecified atom stereocenters. The van der Waals surface area contributed by atoms with Crippen molar-refractivity contribution in [3.63, 3.8) is 0 Å². The summed E-state index contributed by atoms with van der Waals surface area (Å²) < 4.78 is 0. The molecule has 0 saturated carbocycles. The lowest BCUT2D eigenvalue weighted by atomic mass is 10.0. The van der Waals surface area contributed by atoms with E-state index in [1.54, 1.807) is 6.92 Å². The molecular formula is C18H23N3O2. The van der Waals surface area contributed by atoms with Gasteiger partial charge in [0, 0.05) is 55.3 Å². The number of aromatic nitrogens is 1. The topological polar surface area (TPSA) is 56.4 Å². The first-order valence-corrected chi connectivity index (χ1v) is 8.10. The van der Waals surface area contributed by atoms with Crippen LogP contribution in [0.2, 0.25) is 0 Å². The van der Waals surface area contributed by atoms with Crippen molar-refractivity contribution in [2.75, 3.05) is 26.2 Å². The standard InChI is InChI=1S/C18H23N3O2/c1-12-17(15-6-4-5-7-16(15)19-12)18(23)13(2)20-8-10-21(11-9-20)14(3)22/h4-7,13,19H,8-11H2,1-3H3/t13-/m0/s1. The molecule has 1 amide bonds. The van der Waals surface area contributed by atoms with Crippen LogP contribution in [0, 0.1) is 6.92 Å². The third-order valence-electron chi connectivity index (χ3n) is 4.83. The van der Waals surface area contributed by atoms with Crippen LogP contribution in [-0.2, 0) is 4.79 Å². The maximum Gasteiger partial charge on any atom is 0.219 e. The SMILES string of the molecule is CC(=O)N1CCN([C@@H](C)C(=O)c2c(C)[nH]c3ccccc23)CC1. The zero-order valence-electron chi connectivity index (χ0n) is 13.9. The van der Waals surface area contributed by atoms with E-state index in [0.717, 1.165) is 35.2 Å². The quantitative estimate of drug-likeness (QED) is 0.884. The van der Waals surface area contributed by atoms with Crippen LogP contribution in [0.3, 0.4) is 0 Å². The number of amides is 1. The minimum absolute atomic E-state index is 0.108. The molecule has 122 valence electrons. The molecule has 2 aromatic rings. The average Bonchev–Trinajstić information content (AvgIpc) is 2.89. The summed E-state index contributed by atoms with van der Waals surface area (Å²) in [6, 6.07) is 7.74. The van der Waals surface area contributed by atoms with Gasteiger partial charge in [-0.3, -0.25) is 14.5 Å². The number of carbonyl (C=O) groups is 2. The summed E-state index contributed by atoms with van der Waals surface area (Å²) in [5.41, 5.74) is 2.72. The lowest BCUT2D eigenvalue weighted by Gasteiger charge is -2.37. The van der Waals surface area contributed by atoms with E-state index in [2.05, 4.69) is 9.88 Å². The Bertz CT molecular complexity index is 742. The minimum atomic E-state index is -0.179. The summed E-state index contributed by atoms with van der Waals surface area (Å²) in [5, 5.41) is 0.990. The smallest absolute Gasteiger partial charge is 0.219 e. The molecule has 1 N–H and O–H groups in total. The summed E-state index contributed by atoms with van der Waals surface area (Å²) in [6.07, 6.45) is 0. The van der Waals surface area contributed by atoms with Gasteiger partial charge in [-0.05, 0) is 19.9 Å². The third kappa shape index (κ3) is 2.88. The summed E-state index contributed by atoms with van der Waals surface area (Å²) in [6.45, 7) is 8.39. The van der Waals surface area contributed by atoms with Crippen molar-refractivity contribution >= 4 is 22.6 Å². The van der Waals surface area contributed by atoms with E-state index in [-0.39, 0.29) is 17.7 Å². The number of aryl methyl sites for hydroxylation is 1. The van der Waals surface area contributed by atoms with Crippen LogP contribution in [0.5, 0.6) is 0 Å². The van der Waals surface area contributed by atoms with Gasteiger partial charge in [0.15, 0.2) is 5.78 Å². The van der Waals surface area contributed by atoms with Gasteiger partial charge in [-0.15, -0.1) is 0 Å². The van der Waals surface area contributed by atoms with E-state index in [1.807, 2.05) is 43.0 Å². The summed E-state index contributed by atoms with van der Waals surface area (Å²) >= 11 is 0. The monoisotopic (exact) mass is 313 g/mol. The van der Waals surface area contributed by atoms with Gasteiger partial charge in [0.2, 0.25) is 5.91 Å². The Morgan fingerprint density at radius 3 is 2.43 bits per heavy atom. The van der Waals surface area contributed by atoms with Crippen molar-refractivity contribution in [1.29, 1.82) is 0 Å². The number of nitrogens with one attached hydrogen (secondary N) is 1. The number of H-pyrrole nitrogens is 1. The molecule has 1 aromatic heterocycles. The number of para-hydroxylation sites is 1. The van der Waals surface area contributed by atoms with Gasteiger partial charge in [0.1, 0.15) is 0 Å². The predicted octanol–water partition coefficient (Wildman–Crippen LogP) is 2.21. The van der Waals surface area contributed by atoms with Crippen LogP contribution >= 0.6 is 0 Å². The van der Waals surface area contributed by atoms with E-state index >= 15 is 0 Å². The number of aromatic amines is 1. The molecule has 1 aromatic carbocycles. The molecule has 0 radical (unpaired) electrons. The molecule has 5 heteroatoms. The zero-order valence-corrected chi connectivity index (χ0v) is 13.9. The number of hydrogen-bond donors (Lipinski definition) is 1. The van der Waals surface area contributed by atoms with Gasteiger partial charge in [-0.25, -0.2) is 0 Å². The van der Waals surface area contributed by atoms with Crippen molar-refractivity contribution in [2.45, 2.75) is 26.8 Å². The van der Waals surface area contributed by atoms with Crippen LogP contribution in [0.25, 0.3) is 10.9 Å². The normalized spacial score (nSPS) is 17.4. The Balaban J connectivity index is 1.80. The fourth-order valence-electron chi connectivity index (χ4n) is 3.39. The van der Waals surface area contributed by atoms with Gasteiger partial charge in [0.25, 0.3) is 0 Å². The van der Waals surface area contributed by atoms with E-state index in [1.165, 1.54) is 0 Å². The zero-order chi connectivity index (χ0) is 16.6. The van der Waals surface area contributed by atoms with Gasteiger partial charge >= 0.3 is 0 Å². The maximum atomic E-state index is 13.0. The lowest BCUT2D eigenvalue weighted by molar-refractivity contribution is -0.130.